The van der Waals surface area contributed by atoms with Crippen molar-refractivity contribution < 1.29 is 0 Å². The molecule has 4 nitrogen and oxygen atoms in total. The van der Waals surface area contributed by atoms with E-state index in [1.54, 1.807) is 0 Å². The highest BCUT2D eigenvalue weighted by Crippen LogP contribution is 2.23. The van der Waals surface area contributed by atoms with Crippen LogP contribution in [-0.4, -0.2) is 22.6 Å². The predicted octanol–water partition coefficient (Wildman–Crippen LogP) is 6.18. The lowest BCUT2D eigenvalue weighted by atomic mass is 9.94. The van der Waals surface area contributed by atoms with Gasteiger partial charge in [0.25, 0.3) is 0 Å². The van der Waals surface area contributed by atoms with Crippen molar-refractivity contribution in [1.29, 1.82) is 0 Å². The summed E-state index contributed by atoms with van der Waals surface area (Å²) in [6, 6.07) is 27.0. The quantitative estimate of drug-likeness (QED) is 0.348. The zero-order valence-electron chi connectivity index (χ0n) is 14.7. The lowest BCUT2D eigenvalue weighted by molar-refractivity contribution is 0.993. The van der Waals surface area contributed by atoms with Crippen LogP contribution >= 0.6 is 28.1 Å². The summed E-state index contributed by atoms with van der Waals surface area (Å²) < 4.78 is 0.947. The maximum absolute atomic E-state index is 5.35. The van der Waals surface area contributed by atoms with Crippen molar-refractivity contribution in [3.63, 3.8) is 0 Å². The maximum atomic E-state index is 5.35. The highest BCUT2D eigenvalue weighted by molar-refractivity contribution is 9.10. The van der Waals surface area contributed by atoms with Crippen molar-refractivity contribution in [3.8, 4) is 0 Å². The van der Waals surface area contributed by atoms with E-state index >= 15 is 0 Å². The number of aliphatic imine (C=N–C) groups is 2. The lowest BCUT2D eigenvalue weighted by Gasteiger charge is -2.21. The summed E-state index contributed by atoms with van der Waals surface area (Å²) in [6.45, 7) is 0. The van der Waals surface area contributed by atoms with Gasteiger partial charge in [-0.15, -0.1) is 0 Å². The molecule has 1 heterocycles. The first-order valence-electron chi connectivity index (χ1n) is 8.69. The first-order valence-corrected chi connectivity index (χ1v) is 9.89. The summed E-state index contributed by atoms with van der Waals surface area (Å²) in [5.74, 6) is 0. The molecular weight excluding hydrogens is 432 g/mol. The van der Waals surface area contributed by atoms with Crippen LogP contribution < -0.4 is 0 Å². The number of thiocarbonyl (C=S) groups is 1. The van der Waals surface area contributed by atoms with Crippen molar-refractivity contribution in [2.24, 2.45) is 20.2 Å². The van der Waals surface area contributed by atoms with E-state index in [4.69, 9.17) is 12.2 Å². The minimum atomic E-state index is -0.449. The van der Waals surface area contributed by atoms with Crippen LogP contribution in [0.2, 0.25) is 0 Å². The average Bonchev–Trinajstić information content (AvgIpc) is 2.73. The summed E-state index contributed by atoms with van der Waals surface area (Å²) in [5.41, 5.74) is 4.15. The summed E-state index contributed by atoms with van der Waals surface area (Å²) >= 11 is 8.82. The monoisotopic (exact) mass is 446 g/mol. The third-order valence-electron chi connectivity index (χ3n) is 4.19. The number of hydrogen-bond donors (Lipinski definition) is 0. The molecule has 0 spiro atoms. The zero-order valence-corrected chi connectivity index (χ0v) is 17.1. The molecular formula is C22H15BrN4S. The Labute approximate surface area is 176 Å². The normalized spacial score (nSPS) is 14.8. The molecule has 0 atom stereocenters. The van der Waals surface area contributed by atoms with Crippen LogP contribution in [0.4, 0.5) is 5.69 Å². The van der Waals surface area contributed by atoms with E-state index in [0.29, 0.717) is 5.11 Å². The van der Waals surface area contributed by atoms with Crippen LogP contribution in [0.5, 0.6) is 0 Å². The minimum Gasteiger partial charge on any atom is -0.220 e. The van der Waals surface area contributed by atoms with Gasteiger partial charge in [-0.05, 0) is 41.5 Å². The van der Waals surface area contributed by atoms with E-state index in [9.17, 15) is 0 Å². The van der Waals surface area contributed by atoms with E-state index in [1.807, 2.05) is 84.9 Å². The standard InChI is InChI=1S/C22H15BrN4S/c23-17-12-7-13-18(14-17)26-27-21-19(15-8-3-1-4-9-15)24-22(28)25-20(21)16-10-5-2-6-11-16/h1-14,21H. The van der Waals surface area contributed by atoms with Crippen molar-refractivity contribution >= 4 is 50.4 Å². The Kier molecular flexibility index (Phi) is 5.60. The van der Waals surface area contributed by atoms with Gasteiger partial charge in [0.15, 0.2) is 6.04 Å². The minimum absolute atomic E-state index is 0.298. The Morgan fingerprint density at radius 1 is 0.750 bits per heavy atom. The fourth-order valence-corrected chi connectivity index (χ4v) is 3.50. The number of halogens is 1. The smallest absolute Gasteiger partial charge is 0.219 e. The molecule has 28 heavy (non-hydrogen) atoms. The van der Waals surface area contributed by atoms with E-state index in [2.05, 4.69) is 36.1 Å². The van der Waals surface area contributed by atoms with Crippen LogP contribution in [0.15, 0.2) is 110 Å². The molecule has 3 aromatic rings. The van der Waals surface area contributed by atoms with Gasteiger partial charge in [0.1, 0.15) is 0 Å². The first-order chi connectivity index (χ1) is 13.7. The molecule has 0 amide bonds. The molecule has 6 heteroatoms. The van der Waals surface area contributed by atoms with E-state index in [1.165, 1.54) is 0 Å². The molecule has 0 saturated carbocycles. The van der Waals surface area contributed by atoms with Crippen LogP contribution in [0.25, 0.3) is 0 Å². The van der Waals surface area contributed by atoms with Crippen LogP contribution in [0, 0.1) is 0 Å². The summed E-state index contributed by atoms with van der Waals surface area (Å²) in [6.07, 6.45) is 0. The fraction of sp³-hybridized carbons (Fsp3) is 0.0455. The third kappa shape index (κ3) is 4.18. The number of azo groups is 1. The van der Waals surface area contributed by atoms with Crippen LogP contribution in [0.3, 0.4) is 0 Å². The largest absolute Gasteiger partial charge is 0.220 e. The van der Waals surface area contributed by atoms with Gasteiger partial charge in [-0.2, -0.15) is 10.2 Å². The second-order valence-corrected chi connectivity index (χ2v) is 7.39. The Hall–Kier alpha value is -2.83. The van der Waals surface area contributed by atoms with Gasteiger partial charge in [-0.1, -0.05) is 82.7 Å². The molecule has 0 fully saturated rings. The van der Waals surface area contributed by atoms with Gasteiger partial charge in [0, 0.05) is 4.47 Å². The highest BCUT2D eigenvalue weighted by atomic mass is 79.9. The SMILES string of the molecule is S=C1N=C(c2ccccc2)C(N=Nc2cccc(Br)c2)C(c2ccccc2)=N1. The second kappa shape index (κ2) is 8.46. The van der Waals surface area contributed by atoms with E-state index in [0.717, 1.165) is 32.7 Å². The van der Waals surface area contributed by atoms with Gasteiger partial charge in [-0.3, -0.25) is 0 Å². The van der Waals surface area contributed by atoms with Crippen molar-refractivity contribution in [1.82, 2.24) is 0 Å². The molecule has 0 radical (unpaired) electrons. The third-order valence-corrected chi connectivity index (χ3v) is 4.86. The zero-order chi connectivity index (χ0) is 19.3. The van der Waals surface area contributed by atoms with Gasteiger partial charge in [-0.25, -0.2) is 9.98 Å². The molecule has 0 unspecified atom stereocenters. The van der Waals surface area contributed by atoms with Crippen LogP contribution in [-0.2, 0) is 0 Å². The molecule has 4 rings (SSSR count). The van der Waals surface area contributed by atoms with E-state index in [-0.39, 0.29) is 0 Å². The van der Waals surface area contributed by atoms with Crippen molar-refractivity contribution in [2.75, 3.05) is 0 Å². The molecule has 0 N–H and O–H groups in total. The number of hydrogen-bond acceptors (Lipinski definition) is 3. The Morgan fingerprint density at radius 2 is 1.32 bits per heavy atom. The molecule has 136 valence electrons. The average molecular weight is 447 g/mol. The highest BCUT2D eigenvalue weighted by Gasteiger charge is 2.29. The fourth-order valence-electron chi connectivity index (χ4n) is 2.92. The van der Waals surface area contributed by atoms with Gasteiger partial charge < -0.3 is 0 Å². The van der Waals surface area contributed by atoms with Gasteiger partial charge >= 0.3 is 0 Å². The molecule has 1 aliphatic heterocycles. The summed E-state index contributed by atoms with van der Waals surface area (Å²) in [4.78, 5) is 9.07. The Bertz CT molecular complexity index is 1030. The van der Waals surface area contributed by atoms with Crippen molar-refractivity contribution in [3.05, 3.63) is 101 Å². The number of nitrogens with zero attached hydrogens (tertiary/aromatic N) is 4. The molecule has 1 aliphatic rings. The molecule has 0 bridgehead atoms. The second-order valence-electron chi connectivity index (χ2n) is 6.11. The van der Waals surface area contributed by atoms with E-state index < -0.39 is 6.04 Å². The van der Waals surface area contributed by atoms with Gasteiger partial charge in [0.05, 0.1) is 17.1 Å². The molecule has 0 aromatic heterocycles. The molecule has 3 aromatic carbocycles. The lowest BCUT2D eigenvalue weighted by Crippen LogP contribution is -2.34. The van der Waals surface area contributed by atoms with Crippen molar-refractivity contribution in [2.45, 2.75) is 6.04 Å². The summed E-state index contributed by atoms with van der Waals surface area (Å²) in [7, 11) is 0. The van der Waals surface area contributed by atoms with Gasteiger partial charge in [0.2, 0.25) is 5.11 Å². The maximum Gasteiger partial charge on any atom is 0.219 e. The predicted molar refractivity (Wildman–Crippen MR) is 121 cm³/mol. The topological polar surface area (TPSA) is 49.4 Å². The summed E-state index contributed by atoms with van der Waals surface area (Å²) in [5, 5.41) is 9.38. The number of benzene rings is 3. The first kappa shape index (κ1) is 18.5. The molecule has 0 aliphatic carbocycles. The van der Waals surface area contributed by atoms with Crippen LogP contribution in [0.1, 0.15) is 11.1 Å². The molecule has 0 saturated heterocycles. The Morgan fingerprint density at radius 3 is 1.86 bits per heavy atom. The number of rotatable bonds is 4. The Balaban J connectivity index is 1.80.